The van der Waals surface area contributed by atoms with E-state index in [2.05, 4.69) is 21.4 Å². The summed E-state index contributed by atoms with van der Waals surface area (Å²) in [7, 11) is 1.71. The Labute approximate surface area is 110 Å². The number of rotatable bonds is 2. The lowest BCUT2D eigenvalue weighted by atomic mass is 10.0. The lowest BCUT2D eigenvalue weighted by Gasteiger charge is -2.06. The van der Waals surface area contributed by atoms with Crippen LogP contribution in [0.2, 0.25) is 0 Å². The SMILES string of the molecule is CNc1cc(-c2cnc3[nH]cc(C)c3c2)ccc1F. The van der Waals surface area contributed by atoms with E-state index in [4.69, 9.17) is 0 Å². The molecule has 3 rings (SSSR count). The molecule has 0 aliphatic carbocycles. The molecule has 0 saturated carbocycles. The molecule has 0 saturated heterocycles. The Morgan fingerprint density at radius 2 is 2.05 bits per heavy atom. The zero-order valence-corrected chi connectivity index (χ0v) is 10.8. The van der Waals surface area contributed by atoms with Crippen molar-refractivity contribution in [1.29, 1.82) is 0 Å². The molecule has 1 aromatic carbocycles. The summed E-state index contributed by atoms with van der Waals surface area (Å²) < 4.78 is 13.5. The number of fused-ring (bicyclic) bond motifs is 1. The molecule has 0 bridgehead atoms. The van der Waals surface area contributed by atoms with Gasteiger partial charge in [0, 0.05) is 30.4 Å². The summed E-state index contributed by atoms with van der Waals surface area (Å²) in [6, 6.07) is 7.09. The van der Waals surface area contributed by atoms with Gasteiger partial charge < -0.3 is 10.3 Å². The van der Waals surface area contributed by atoms with E-state index >= 15 is 0 Å². The van der Waals surface area contributed by atoms with Crippen LogP contribution in [-0.4, -0.2) is 17.0 Å². The fourth-order valence-corrected chi connectivity index (χ4v) is 2.19. The predicted octanol–water partition coefficient (Wildman–Crippen LogP) is 3.72. The highest BCUT2D eigenvalue weighted by Crippen LogP contribution is 2.27. The first-order valence-electron chi connectivity index (χ1n) is 6.10. The normalized spacial score (nSPS) is 10.9. The maximum atomic E-state index is 13.5. The van der Waals surface area contributed by atoms with Crippen LogP contribution in [-0.2, 0) is 0 Å². The first-order valence-corrected chi connectivity index (χ1v) is 6.10. The largest absolute Gasteiger partial charge is 0.386 e. The molecule has 4 heteroatoms. The number of nitrogens with one attached hydrogen (secondary N) is 2. The van der Waals surface area contributed by atoms with Gasteiger partial charge in [-0.3, -0.25) is 0 Å². The van der Waals surface area contributed by atoms with Crippen molar-refractivity contribution >= 4 is 16.7 Å². The molecule has 0 spiro atoms. The summed E-state index contributed by atoms with van der Waals surface area (Å²) in [6.07, 6.45) is 3.73. The van der Waals surface area contributed by atoms with Crippen molar-refractivity contribution < 1.29 is 4.39 Å². The van der Waals surface area contributed by atoms with Gasteiger partial charge in [-0.2, -0.15) is 0 Å². The molecule has 96 valence electrons. The van der Waals surface area contributed by atoms with Crippen LogP contribution >= 0.6 is 0 Å². The molecule has 0 unspecified atom stereocenters. The Balaban J connectivity index is 2.15. The fourth-order valence-electron chi connectivity index (χ4n) is 2.19. The summed E-state index contributed by atoms with van der Waals surface area (Å²) in [4.78, 5) is 7.50. The predicted molar refractivity (Wildman–Crippen MR) is 75.8 cm³/mol. The van der Waals surface area contributed by atoms with Crippen molar-refractivity contribution in [3.05, 3.63) is 48.0 Å². The zero-order valence-electron chi connectivity index (χ0n) is 10.8. The van der Waals surface area contributed by atoms with Crippen LogP contribution in [0.1, 0.15) is 5.56 Å². The van der Waals surface area contributed by atoms with Crippen LogP contribution in [0.3, 0.4) is 0 Å². The zero-order chi connectivity index (χ0) is 13.4. The molecule has 3 aromatic rings. The topological polar surface area (TPSA) is 40.7 Å². The maximum absolute atomic E-state index is 13.5. The van der Waals surface area contributed by atoms with Crippen LogP contribution in [0.25, 0.3) is 22.2 Å². The number of aryl methyl sites for hydroxylation is 1. The number of H-pyrrole nitrogens is 1. The van der Waals surface area contributed by atoms with Crippen LogP contribution in [0.15, 0.2) is 36.7 Å². The molecule has 0 radical (unpaired) electrons. The van der Waals surface area contributed by atoms with Gasteiger partial charge in [0.15, 0.2) is 0 Å². The lowest BCUT2D eigenvalue weighted by molar-refractivity contribution is 0.631. The van der Waals surface area contributed by atoms with Crippen molar-refractivity contribution in [2.24, 2.45) is 0 Å². The summed E-state index contributed by atoms with van der Waals surface area (Å²) in [6.45, 7) is 2.04. The maximum Gasteiger partial charge on any atom is 0.146 e. The molecule has 2 N–H and O–H groups in total. The van der Waals surface area contributed by atoms with Gasteiger partial charge in [-0.05, 0) is 36.2 Å². The monoisotopic (exact) mass is 255 g/mol. The minimum atomic E-state index is -0.252. The van der Waals surface area contributed by atoms with Crippen molar-refractivity contribution in [3.8, 4) is 11.1 Å². The number of hydrogen-bond donors (Lipinski definition) is 2. The van der Waals surface area contributed by atoms with Crippen molar-refractivity contribution in [3.63, 3.8) is 0 Å². The van der Waals surface area contributed by atoms with Gasteiger partial charge in [-0.25, -0.2) is 9.37 Å². The number of anilines is 1. The second-order valence-electron chi connectivity index (χ2n) is 4.54. The third kappa shape index (κ3) is 1.95. The number of pyridine rings is 1. The second kappa shape index (κ2) is 4.39. The third-order valence-electron chi connectivity index (χ3n) is 3.31. The fraction of sp³-hybridized carbons (Fsp3) is 0.133. The smallest absolute Gasteiger partial charge is 0.146 e. The van der Waals surface area contributed by atoms with Crippen LogP contribution in [0.4, 0.5) is 10.1 Å². The number of nitrogens with zero attached hydrogens (tertiary/aromatic N) is 1. The summed E-state index contributed by atoms with van der Waals surface area (Å²) >= 11 is 0. The van der Waals surface area contributed by atoms with Gasteiger partial charge in [-0.15, -0.1) is 0 Å². The van der Waals surface area contributed by atoms with Crippen LogP contribution < -0.4 is 5.32 Å². The molecular formula is C15H14FN3. The number of hydrogen-bond acceptors (Lipinski definition) is 2. The van der Waals surface area contributed by atoms with E-state index < -0.39 is 0 Å². The van der Waals surface area contributed by atoms with Gasteiger partial charge in [0.05, 0.1) is 5.69 Å². The van der Waals surface area contributed by atoms with Crippen LogP contribution in [0, 0.1) is 12.7 Å². The van der Waals surface area contributed by atoms with Crippen molar-refractivity contribution in [2.45, 2.75) is 6.92 Å². The molecule has 3 nitrogen and oxygen atoms in total. The number of benzene rings is 1. The van der Waals surface area contributed by atoms with E-state index in [9.17, 15) is 4.39 Å². The van der Waals surface area contributed by atoms with Crippen molar-refractivity contribution in [2.75, 3.05) is 12.4 Å². The van der Waals surface area contributed by atoms with E-state index in [0.29, 0.717) is 5.69 Å². The highest BCUT2D eigenvalue weighted by atomic mass is 19.1. The van der Waals surface area contributed by atoms with Gasteiger partial charge in [0.2, 0.25) is 0 Å². The highest BCUT2D eigenvalue weighted by molar-refractivity contribution is 5.84. The first kappa shape index (κ1) is 11.7. The van der Waals surface area contributed by atoms with Gasteiger partial charge in [0.25, 0.3) is 0 Å². The van der Waals surface area contributed by atoms with E-state index in [-0.39, 0.29) is 5.82 Å². The second-order valence-corrected chi connectivity index (χ2v) is 4.54. The van der Waals surface area contributed by atoms with E-state index in [0.717, 1.165) is 27.7 Å². The minimum absolute atomic E-state index is 0.252. The first-order chi connectivity index (χ1) is 9.19. The molecule has 0 fully saturated rings. The van der Waals surface area contributed by atoms with Gasteiger partial charge >= 0.3 is 0 Å². The molecular weight excluding hydrogens is 241 g/mol. The molecule has 0 atom stereocenters. The van der Waals surface area contributed by atoms with E-state index in [1.807, 2.05) is 13.1 Å². The minimum Gasteiger partial charge on any atom is -0.386 e. The number of aromatic amines is 1. The molecule has 19 heavy (non-hydrogen) atoms. The van der Waals surface area contributed by atoms with E-state index in [1.54, 1.807) is 25.4 Å². The molecule has 0 aliphatic heterocycles. The Bertz CT molecular complexity index is 746. The average Bonchev–Trinajstić information content (AvgIpc) is 2.80. The molecule has 0 amide bonds. The Hall–Kier alpha value is -2.36. The van der Waals surface area contributed by atoms with Gasteiger partial charge in [-0.1, -0.05) is 6.07 Å². The molecule has 2 aromatic heterocycles. The number of aromatic nitrogens is 2. The van der Waals surface area contributed by atoms with E-state index in [1.165, 1.54) is 6.07 Å². The highest BCUT2D eigenvalue weighted by Gasteiger charge is 2.07. The Morgan fingerprint density at radius 1 is 1.21 bits per heavy atom. The standard InChI is InChI=1S/C15H14FN3/c1-9-7-18-15-12(9)5-11(8-19-15)10-3-4-13(16)14(6-10)17-2/h3-8,17H,1-2H3,(H,18,19). The Kier molecular flexibility index (Phi) is 2.71. The quantitative estimate of drug-likeness (QED) is 0.732. The molecule has 0 aliphatic rings. The average molecular weight is 255 g/mol. The van der Waals surface area contributed by atoms with Gasteiger partial charge in [0.1, 0.15) is 11.5 Å². The third-order valence-corrected chi connectivity index (χ3v) is 3.31. The van der Waals surface area contributed by atoms with Crippen molar-refractivity contribution in [1.82, 2.24) is 9.97 Å². The molecule has 2 heterocycles. The summed E-state index contributed by atoms with van der Waals surface area (Å²) in [5.41, 5.74) is 4.44. The van der Waals surface area contributed by atoms with Crippen LogP contribution in [0.5, 0.6) is 0 Å². The number of halogens is 1. The summed E-state index contributed by atoms with van der Waals surface area (Å²) in [5, 5.41) is 3.94. The Morgan fingerprint density at radius 3 is 2.84 bits per heavy atom. The summed E-state index contributed by atoms with van der Waals surface area (Å²) in [5.74, 6) is -0.252. The lowest BCUT2D eigenvalue weighted by Crippen LogP contribution is -1.93.